The minimum atomic E-state index is -1.01. The Kier molecular flexibility index (Phi) is 2.64. The standard InChI is InChI=1S/C4H6O4/c1-3(6)4(7)8-2-5/h5-6H,1-2H2. The van der Waals surface area contributed by atoms with Crippen LogP contribution in [0.4, 0.5) is 0 Å². The van der Waals surface area contributed by atoms with E-state index in [-0.39, 0.29) is 0 Å². The molecule has 0 saturated heterocycles. The molecule has 0 aliphatic heterocycles. The molecule has 0 fully saturated rings. The number of rotatable bonds is 2. The lowest BCUT2D eigenvalue weighted by Gasteiger charge is -1.94. The Hall–Kier alpha value is -1.03. The number of hydrogen-bond donors (Lipinski definition) is 2. The van der Waals surface area contributed by atoms with Crippen LogP contribution in [0, 0.1) is 0 Å². The van der Waals surface area contributed by atoms with E-state index in [1.165, 1.54) is 0 Å². The van der Waals surface area contributed by atoms with Crippen molar-refractivity contribution in [3.63, 3.8) is 0 Å². The maximum Gasteiger partial charge on any atom is 0.374 e. The molecule has 0 bridgehead atoms. The first-order valence-corrected chi connectivity index (χ1v) is 1.84. The normalized spacial score (nSPS) is 8.12. The van der Waals surface area contributed by atoms with Crippen molar-refractivity contribution in [3.8, 4) is 0 Å². The van der Waals surface area contributed by atoms with Crippen molar-refractivity contribution in [2.75, 3.05) is 6.79 Å². The highest BCUT2D eigenvalue weighted by Gasteiger charge is 2.02. The van der Waals surface area contributed by atoms with Crippen molar-refractivity contribution in [1.82, 2.24) is 0 Å². The number of aliphatic hydroxyl groups excluding tert-OH is 2. The van der Waals surface area contributed by atoms with Gasteiger partial charge in [-0.05, 0) is 6.58 Å². The molecular formula is C4H6O4. The maximum absolute atomic E-state index is 10.0. The van der Waals surface area contributed by atoms with Gasteiger partial charge in [-0.25, -0.2) is 4.79 Å². The second-order valence-corrected chi connectivity index (χ2v) is 1.01. The fraction of sp³-hybridized carbons (Fsp3) is 0.250. The van der Waals surface area contributed by atoms with Crippen LogP contribution in [-0.4, -0.2) is 23.0 Å². The van der Waals surface area contributed by atoms with Crippen LogP contribution in [0.15, 0.2) is 12.3 Å². The Morgan fingerprint density at radius 1 is 1.75 bits per heavy atom. The van der Waals surface area contributed by atoms with Gasteiger partial charge in [0.25, 0.3) is 0 Å². The molecule has 0 rings (SSSR count). The Morgan fingerprint density at radius 2 is 2.25 bits per heavy atom. The third-order valence-corrected chi connectivity index (χ3v) is 0.431. The summed E-state index contributed by atoms with van der Waals surface area (Å²) in [4.78, 5) is 10.0. The predicted molar refractivity (Wildman–Crippen MR) is 24.9 cm³/mol. The number of ether oxygens (including phenoxy) is 1. The van der Waals surface area contributed by atoms with Crippen molar-refractivity contribution in [3.05, 3.63) is 12.3 Å². The molecule has 0 aromatic rings. The third kappa shape index (κ3) is 2.20. The second-order valence-electron chi connectivity index (χ2n) is 1.01. The van der Waals surface area contributed by atoms with Gasteiger partial charge in [-0.2, -0.15) is 0 Å². The Balaban J connectivity index is 3.49. The van der Waals surface area contributed by atoms with Crippen molar-refractivity contribution in [2.45, 2.75) is 0 Å². The Morgan fingerprint density at radius 3 is 2.38 bits per heavy atom. The van der Waals surface area contributed by atoms with Crippen molar-refractivity contribution in [2.24, 2.45) is 0 Å². The lowest BCUT2D eigenvalue weighted by atomic mass is 10.6. The number of aliphatic hydroxyl groups is 2. The SMILES string of the molecule is C=C(O)C(=O)OCO. The molecule has 2 N–H and O–H groups in total. The van der Waals surface area contributed by atoms with E-state index in [1.807, 2.05) is 0 Å². The summed E-state index contributed by atoms with van der Waals surface area (Å²) in [5.41, 5.74) is 0. The van der Waals surface area contributed by atoms with E-state index in [0.717, 1.165) is 0 Å². The van der Waals surface area contributed by atoms with Gasteiger partial charge in [0, 0.05) is 0 Å². The summed E-state index contributed by atoms with van der Waals surface area (Å²) in [6.07, 6.45) is 0. The molecule has 0 aliphatic carbocycles. The lowest BCUT2D eigenvalue weighted by molar-refractivity contribution is -0.149. The van der Waals surface area contributed by atoms with Gasteiger partial charge in [-0.1, -0.05) is 0 Å². The molecule has 0 aromatic carbocycles. The highest BCUT2D eigenvalue weighted by Crippen LogP contribution is 1.85. The van der Waals surface area contributed by atoms with Gasteiger partial charge in [0.15, 0.2) is 12.6 Å². The molecule has 0 unspecified atom stereocenters. The summed E-state index contributed by atoms with van der Waals surface area (Å²) < 4.78 is 3.87. The van der Waals surface area contributed by atoms with Gasteiger partial charge in [-0.15, -0.1) is 0 Å². The molecule has 8 heavy (non-hydrogen) atoms. The van der Waals surface area contributed by atoms with Crippen molar-refractivity contribution >= 4 is 5.97 Å². The molecule has 0 atom stereocenters. The van der Waals surface area contributed by atoms with Crippen LogP contribution in [0.5, 0.6) is 0 Å². The average Bonchev–Trinajstić information content (AvgIpc) is 1.67. The van der Waals surface area contributed by atoms with Crippen LogP contribution in [0.2, 0.25) is 0 Å². The summed E-state index contributed by atoms with van der Waals surface area (Å²) in [5.74, 6) is -1.72. The van der Waals surface area contributed by atoms with Gasteiger partial charge in [0.05, 0.1) is 0 Å². The van der Waals surface area contributed by atoms with Gasteiger partial charge in [0.1, 0.15) is 0 Å². The van der Waals surface area contributed by atoms with Crippen LogP contribution in [0.3, 0.4) is 0 Å². The number of hydrogen-bond acceptors (Lipinski definition) is 4. The fourth-order valence-electron chi connectivity index (χ4n) is 0.142. The van der Waals surface area contributed by atoms with E-state index >= 15 is 0 Å². The number of esters is 1. The highest BCUT2D eigenvalue weighted by atomic mass is 16.6. The lowest BCUT2D eigenvalue weighted by Crippen LogP contribution is -2.06. The topological polar surface area (TPSA) is 66.8 Å². The van der Waals surface area contributed by atoms with Crippen molar-refractivity contribution in [1.29, 1.82) is 0 Å². The van der Waals surface area contributed by atoms with Gasteiger partial charge < -0.3 is 14.9 Å². The fourth-order valence-corrected chi connectivity index (χ4v) is 0.142. The van der Waals surface area contributed by atoms with E-state index < -0.39 is 18.5 Å². The average molecular weight is 118 g/mol. The molecule has 0 heterocycles. The van der Waals surface area contributed by atoms with Gasteiger partial charge in [-0.3, -0.25) is 0 Å². The van der Waals surface area contributed by atoms with Crippen LogP contribution in [0.25, 0.3) is 0 Å². The summed E-state index contributed by atoms with van der Waals surface area (Å²) in [7, 11) is 0. The summed E-state index contributed by atoms with van der Waals surface area (Å²) in [5, 5.41) is 16.1. The minimum absolute atomic E-state index is 0.709. The van der Waals surface area contributed by atoms with Crippen LogP contribution < -0.4 is 0 Å². The van der Waals surface area contributed by atoms with Gasteiger partial charge >= 0.3 is 5.97 Å². The summed E-state index contributed by atoms with van der Waals surface area (Å²) in [6, 6.07) is 0. The first kappa shape index (κ1) is 6.97. The minimum Gasteiger partial charge on any atom is -0.502 e. The molecule has 46 valence electrons. The van der Waals surface area contributed by atoms with E-state index in [4.69, 9.17) is 10.2 Å². The molecule has 0 saturated carbocycles. The molecule has 0 aliphatic rings. The predicted octanol–water partition coefficient (Wildman–Crippen LogP) is -0.449. The molecule has 0 radical (unpaired) electrons. The van der Waals surface area contributed by atoms with Crippen LogP contribution in [0.1, 0.15) is 0 Å². The van der Waals surface area contributed by atoms with Crippen molar-refractivity contribution < 1.29 is 19.7 Å². The molecule has 0 aromatic heterocycles. The molecule has 4 heteroatoms. The van der Waals surface area contributed by atoms with E-state index in [1.54, 1.807) is 0 Å². The Bertz CT molecular complexity index is 107. The zero-order chi connectivity index (χ0) is 6.57. The Labute approximate surface area is 46.0 Å². The zero-order valence-electron chi connectivity index (χ0n) is 4.13. The van der Waals surface area contributed by atoms with Crippen LogP contribution >= 0.6 is 0 Å². The summed E-state index contributed by atoms with van der Waals surface area (Å²) in [6.45, 7) is 2.11. The van der Waals surface area contributed by atoms with E-state index in [0.29, 0.717) is 0 Å². The smallest absolute Gasteiger partial charge is 0.374 e. The molecule has 4 nitrogen and oxygen atoms in total. The molecular weight excluding hydrogens is 112 g/mol. The van der Waals surface area contributed by atoms with E-state index in [9.17, 15) is 4.79 Å². The van der Waals surface area contributed by atoms with E-state index in [2.05, 4.69) is 11.3 Å². The second kappa shape index (κ2) is 3.04. The molecule has 0 spiro atoms. The molecule has 0 amide bonds. The monoisotopic (exact) mass is 118 g/mol. The first-order chi connectivity index (χ1) is 3.68. The van der Waals surface area contributed by atoms with Crippen LogP contribution in [-0.2, 0) is 9.53 Å². The maximum atomic E-state index is 10.0. The summed E-state index contributed by atoms with van der Waals surface area (Å²) >= 11 is 0. The zero-order valence-corrected chi connectivity index (χ0v) is 4.13. The quantitative estimate of drug-likeness (QED) is 0.223. The largest absolute Gasteiger partial charge is 0.502 e. The first-order valence-electron chi connectivity index (χ1n) is 1.84. The number of carbonyl (C=O) groups excluding carboxylic acids is 1. The highest BCUT2D eigenvalue weighted by molar-refractivity contribution is 5.84. The third-order valence-electron chi connectivity index (χ3n) is 0.431. The van der Waals surface area contributed by atoms with Gasteiger partial charge in [0.2, 0.25) is 0 Å². The number of carbonyl (C=O) groups is 1.